The van der Waals surface area contributed by atoms with Gasteiger partial charge in [0.1, 0.15) is 11.5 Å². The molecule has 0 saturated heterocycles. The van der Waals surface area contributed by atoms with Crippen LogP contribution < -0.4 is 15.7 Å². The number of benzene rings is 8. The fourth-order valence-electron chi connectivity index (χ4n) is 7.51. The number of hydrogen-bond acceptors (Lipinski definition) is 2. The van der Waals surface area contributed by atoms with Gasteiger partial charge in [0.05, 0.1) is 70.3 Å². The summed E-state index contributed by atoms with van der Waals surface area (Å²) in [5.41, 5.74) is -5.04. The largest absolute Gasteiger partial charge is 0.458 e. The maximum atomic E-state index is 10.1. The third-order valence-electron chi connectivity index (χ3n) is 9.65. The molecule has 13 rings (SSSR count). The van der Waals surface area contributed by atoms with E-state index in [0.29, 0.717) is 11.6 Å². The zero-order valence-corrected chi connectivity index (χ0v) is 27.1. The van der Waals surface area contributed by atoms with Crippen LogP contribution in [-0.2, 0) is 0 Å². The standard InChI is InChI=1S/C48H27BN2OS/c1-6-16-40-31(11-1)32-12-2-7-17-41(32)50(40)30-26-36-35-15-5-10-20-46(35)53-49-39-22-21-28(25-44(39)52-45(27-30)47(36)49)29-23-37-33-13-3-8-18-42(33)51-43-19-9-4-14-34(43)38(24-29)48(37)51/h1-27H/i1D,2D,3D,4D,5D,6D,7D,8D,9D,10D,11D,12D,13D,14D,15D,16D,17D,18D,19D,20D,21D,22D,23D,24D,25D,26D,27D. The van der Waals surface area contributed by atoms with Gasteiger partial charge in [-0.1, -0.05) is 103 Å². The van der Waals surface area contributed by atoms with Crippen LogP contribution in [0.2, 0.25) is 0 Å². The van der Waals surface area contributed by atoms with E-state index in [4.69, 9.17) is 28.0 Å². The Hall–Kier alpha value is -6.43. The molecule has 8 aromatic carbocycles. The van der Waals surface area contributed by atoms with Crippen molar-refractivity contribution in [1.82, 2.24) is 8.97 Å². The Morgan fingerprint density at radius 1 is 0.491 bits per heavy atom. The van der Waals surface area contributed by atoms with Crippen molar-refractivity contribution in [3.8, 4) is 39.4 Å². The molecule has 2 aliphatic heterocycles. The Kier molecular flexibility index (Phi) is 2.52. The van der Waals surface area contributed by atoms with Crippen LogP contribution in [0.3, 0.4) is 0 Å². The van der Waals surface area contributed by atoms with E-state index in [9.17, 15) is 13.7 Å². The Bertz CT molecular complexity index is 4750. The van der Waals surface area contributed by atoms with E-state index < -0.39 is 219 Å². The number of hydrogen-bond donors (Lipinski definition) is 0. The van der Waals surface area contributed by atoms with Gasteiger partial charge in [-0.05, 0) is 87.6 Å². The average Bonchev–Trinajstić information content (AvgIpc) is 1.67. The summed E-state index contributed by atoms with van der Waals surface area (Å²) in [5, 5.41) is -2.10. The summed E-state index contributed by atoms with van der Waals surface area (Å²) in [6.07, 6.45) is 0. The first-order valence-electron chi connectivity index (χ1n) is 29.5. The molecule has 0 fully saturated rings. The highest BCUT2D eigenvalue weighted by Gasteiger charge is 2.39. The summed E-state index contributed by atoms with van der Waals surface area (Å²) >= 11 is 0.701. The lowest BCUT2D eigenvalue weighted by Crippen LogP contribution is -2.46. The summed E-state index contributed by atoms with van der Waals surface area (Å²) in [6, 6.07) is -20.4. The summed E-state index contributed by atoms with van der Waals surface area (Å²) in [7, 11) is 0. The highest BCUT2D eigenvalue weighted by molar-refractivity contribution is 8.28. The van der Waals surface area contributed by atoms with Gasteiger partial charge in [0.2, 0.25) is 0 Å². The van der Waals surface area contributed by atoms with Crippen molar-refractivity contribution in [2.45, 2.75) is 4.90 Å². The second-order valence-electron chi connectivity index (χ2n) is 12.3. The van der Waals surface area contributed by atoms with Crippen LogP contribution in [0.5, 0.6) is 11.5 Å². The van der Waals surface area contributed by atoms with Gasteiger partial charge in [-0.15, -0.1) is 0 Å². The van der Waals surface area contributed by atoms with Gasteiger partial charge in [0, 0.05) is 43.3 Å². The highest BCUT2D eigenvalue weighted by Crippen LogP contribution is 2.46. The van der Waals surface area contributed by atoms with Crippen LogP contribution in [-0.4, -0.2) is 15.0 Å². The predicted molar refractivity (Wildman–Crippen MR) is 224 cm³/mol. The van der Waals surface area contributed by atoms with E-state index in [1.54, 1.807) is 0 Å². The molecular weight excluding hydrogens is 663 g/mol. The van der Waals surface area contributed by atoms with Crippen molar-refractivity contribution in [3.63, 3.8) is 0 Å². The Labute approximate surface area is 346 Å². The van der Waals surface area contributed by atoms with Gasteiger partial charge < -0.3 is 13.7 Å². The molecule has 0 spiro atoms. The first-order valence-corrected chi connectivity index (χ1v) is 16.9. The molecule has 0 unspecified atom stereocenters. The lowest BCUT2D eigenvalue weighted by molar-refractivity contribution is 0.488. The maximum Gasteiger partial charge on any atom is 0.289 e. The number of rotatable bonds is 2. The third kappa shape index (κ3) is 3.67. The van der Waals surface area contributed by atoms with Gasteiger partial charge in [0.15, 0.2) is 0 Å². The Morgan fingerprint density at radius 3 is 1.75 bits per heavy atom. The van der Waals surface area contributed by atoms with E-state index in [0.717, 1.165) is 8.97 Å². The fraction of sp³-hybridized carbons (Fsp3) is 0. The van der Waals surface area contributed by atoms with E-state index in [1.807, 2.05) is 0 Å². The fourth-order valence-corrected chi connectivity index (χ4v) is 8.75. The second kappa shape index (κ2) is 10.1. The van der Waals surface area contributed by atoms with Crippen LogP contribution in [0.1, 0.15) is 37.0 Å². The average molecular weight is 718 g/mol. The van der Waals surface area contributed by atoms with Gasteiger partial charge in [-0.2, -0.15) is 11.6 Å². The smallest absolute Gasteiger partial charge is 0.289 e. The summed E-state index contributed by atoms with van der Waals surface area (Å²) in [4.78, 5) is -0.225. The molecule has 0 atom stereocenters. The molecule has 11 aromatic rings. The van der Waals surface area contributed by atoms with Crippen molar-refractivity contribution in [2.75, 3.05) is 0 Å². The summed E-state index contributed by atoms with van der Waals surface area (Å²) in [5.74, 6) is -2.70. The van der Waals surface area contributed by atoms with E-state index in [2.05, 4.69) is 0 Å². The number of ether oxygens (including phenoxy) is 1. The number of fused-ring (bicyclic) bond motifs is 13. The molecule has 3 aromatic heterocycles. The first-order chi connectivity index (χ1) is 37.6. The van der Waals surface area contributed by atoms with Crippen LogP contribution in [0, 0.1) is 0 Å². The molecule has 53 heavy (non-hydrogen) atoms. The molecule has 0 N–H and O–H groups in total. The van der Waals surface area contributed by atoms with Gasteiger partial charge >= 0.3 is 0 Å². The van der Waals surface area contributed by atoms with Gasteiger partial charge in [-0.25, -0.2) is 0 Å². The van der Waals surface area contributed by atoms with Crippen LogP contribution in [0.4, 0.5) is 0 Å². The minimum absolute atomic E-state index is 0.174. The molecule has 3 nitrogen and oxygen atoms in total. The van der Waals surface area contributed by atoms with Gasteiger partial charge in [0.25, 0.3) is 5.99 Å². The van der Waals surface area contributed by atoms with Crippen molar-refractivity contribution in [2.24, 2.45) is 0 Å². The molecule has 5 heterocycles. The van der Waals surface area contributed by atoms with E-state index in [1.165, 1.54) is 0 Å². The molecule has 2 aliphatic rings. The lowest BCUT2D eigenvalue weighted by Gasteiger charge is -2.33. The quantitative estimate of drug-likeness (QED) is 0.166. The normalized spacial score (nSPS) is 20.5. The maximum absolute atomic E-state index is 10.1. The minimum atomic E-state index is -1.48. The Morgan fingerprint density at radius 2 is 1.08 bits per heavy atom. The van der Waals surface area contributed by atoms with E-state index >= 15 is 0 Å². The van der Waals surface area contributed by atoms with Gasteiger partial charge in [-0.3, -0.25) is 0 Å². The monoisotopic (exact) mass is 717 g/mol. The number of nitrogens with zero attached hydrogens (tertiary/aromatic N) is 2. The SMILES string of the molecule is [2H]c1c([2H])c([2H])c2c(c1[2H])SB1c3c([2H])c([2H])c(-c4c([2H])c5c6c([2H])c([2H])c([2H])c([2H])c6n6c7c([2H])c([2H])c([2H])c([2H])c7c(c4[2H])c56)c([2H])c3Oc3c([2H])c(-n4c5c([2H])c([2H])c([2H])c([2H])c5c5c([2H])c([2H])c([2H])c([2H])c54)c([2H])c-2c31. The Balaban J connectivity index is 1.20. The minimum Gasteiger partial charge on any atom is -0.458 e. The van der Waals surface area contributed by atoms with Crippen LogP contribution in [0.15, 0.2) is 168 Å². The molecule has 0 bridgehead atoms. The zero-order chi connectivity index (χ0) is 57.9. The zero-order valence-electron chi connectivity index (χ0n) is 53.3. The molecule has 244 valence electrons. The molecule has 0 saturated carbocycles. The second-order valence-corrected chi connectivity index (χ2v) is 13.4. The van der Waals surface area contributed by atoms with Crippen LogP contribution in [0.25, 0.3) is 87.8 Å². The van der Waals surface area contributed by atoms with Crippen molar-refractivity contribution >= 4 is 88.4 Å². The highest BCUT2D eigenvalue weighted by atomic mass is 32.2. The predicted octanol–water partition coefficient (Wildman–Crippen LogP) is 11.6. The lowest BCUT2D eigenvalue weighted by atomic mass is 9.57. The van der Waals surface area contributed by atoms with E-state index in [-0.39, 0.29) is 65.0 Å². The first kappa shape index (κ1) is 13.2. The molecule has 0 radical (unpaired) electrons. The van der Waals surface area contributed by atoms with Crippen molar-refractivity contribution < 1.29 is 41.7 Å². The van der Waals surface area contributed by atoms with Crippen molar-refractivity contribution in [3.05, 3.63) is 163 Å². The van der Waals surface area contributed by atoms with Crippen LogP contribution >= 0.6 is 11.6 Å². The summed E-state index contributed by atoms with van der Waals surface area (Å²) < 4.78 is 255. The number of para-hydroxylation sites is 4. The number of aromatic nitrogens is 2. The summed E-state index contributed by atoms with van der Waals surface area (Å²) in [6.45, 7) is 0. The molecule has 5 heteroatoms. The molecular formula is C48H27BN2OS. The van der Waals surface area contributed by atoms with Crippen molar-refractivity contribution in [1.29, 1.82) is 0 Å². The molecule has 0 amide bonds. The topological polar surface area (TPSA) is 18.6 Å². The molecule has 0 aliphatic carbocycles. The third-order valence-corrected chi connectivity index (χ3v) is 10.9.